The van der Waals surface area contributed by atoms with Gasteiger partial charge in [-0.05, 0) is 48.2 Å². The Kier molecular flexibility index (Phi) is 9.24. The Bertz CT molecular complexity index is 813. The van der Waals surface area contributed by atoms with Gasteiger partial charge in [-0.15, -0.1) is 0 Å². The van der Waals surface area contributed by atoms with Gasteiger partial charge in [0, 0.05) is 6.54 Å². The molecule has 0 aromatic heterocycles. The molecule has 2 aromatic carbocycles. The van der Waals surface area contributed by atoms with E-state index in [1.54, 1.807) is 33.5 Å². The molecule has 0 saturated heterocycles. The van der Waals surface area contributed by atoms with Crippen LogP contribution in [0.2, 0.25) is 0 Å². The molecule has 0 atom stereocenters. The first kappa shape index (κ1) is 23.3. The maximum absolute atomic E-state index is 12.0. The molecular formula is C22H29NO7. The van der Waals surface area contributed by atoms with Gasteiger partial charge in [-0.3, -0.25) is 4.79 Å². The maximum Gasteiger partial charge on any atom is 0.325 e. The Morgan fingerprint density at radius 1 is 0.833 bits per heavy atom. The molecule has 164 valence electrons. The van der Waals surface area contributed by atoms with Gasteiger partial charge in [0.1, 0.15) is 0 Å². The third kappa shape index (κ3) is 6.27. The normalized spacial score (nSPS) is 10.4. The summed E-state index contributed by atoms with van der Waals surface area (Å²) in [5, 5.41) is 11.6. The molecule has 2 aromatic rings. The molecule has 0 radical (unpaired) electrons. The van der Waals surface area contributed by atoms with Crippen LogP contribution in [0.3, 0.4) is 0 Å². The minimum absolute atomic E-state index is 0.000616. The zero-order valence-electron chi connectivity index (χ0n) is 17.8. The summed E-state index contributed by atoms with van der Waals surface area (Å²) in [5.74, 6) is 2.14. The zero-order chi connectivity index (χ0) is 21.9. The molecule has 0 fully saturated rings. The van der Waals surface area contributed by atoms with Gasteiger partial charge >= 0.3 is 5.97 Å². The van der Waals surface area contributed by atoms with E-state index in [2.05, 4.69) is 5.32 Å². The summed E-state index contributed by atoms with van der Waals surface area (Å²) >= 11 is 0. The molecule has 8 nitrogen and oxygen atoms in total. The molecule has 0 bridgehead atoms. The van der Waals surface area contributed by atoms with Crippen molar-refractivity contribution >= 4 is 5.97 Å². The maximum atomic E-state index is 12.0. The standard InChI is InChI=1S/C22H29NO7/c1-26-17-8-7-15(11-18(17)30-21(25)14-23-9-10-24)5-6-16-12-19(27-2)22(29-4)20(13-16)28-3/h7-8,11-13,23-24H,5-6,9-10,14H2,1-4H3. The number of aliphatic hydroxyl groups excluding tert-OH is 1. The predicted molar refractivity (Wildman–Crippen MR) is 112 cm³/mol. The molecule has 0 spiro atoms. The Balaban J connectivity index is 2.13. The Morgan fingerprint density at radius 2 is 1.43 bits per heavy atom. The van der Waals surface area contributed by atoms with Crippen LogP contribution < -0.4 is 29.0 Å². The summed E-state index contributed by atoms with van der Waals surface area (Å²) in [4.78, 5) is 12.0. The Labute approximate surface area is 176 Å². The monoisotopic (exact) mass is 419 g/mol. The van der Waals surface area contributed by atoms with Gasteiger partial charge in [0.15, 0.2) is 23.0 Å². The molecule has 0 saturated carbocycles. The molecule has 0 heterocycles. The second kappa shape index (κ2) is 11.9. The number of benzene rings is 2. The fraction of sp³-hybridized carbons (Fsp3) is 0.409. The molecule has 2 rings (SSSR count). The van der Waals surface area contributed by atoms with Crippen molar-refractivity contribution in [3.05, 3.63) is 41.5 Å². The SMILES string of the molecule is COc1ccc(CCc2cc(OC)c(OC)c(OC)c2)cc1OC(=O)CNCCO. The largest absolute Gasteiger partial charge is 0.493 e. The first-order valence-electron chi connectivity index (χ1n) is 9.54. The third-order valence-corrected chi connectivity index (χ3v) is 4.44. The average Bonchev–Trinajstić information content (AvgIpc) is 2.77. The molecule has 30 heavy (non-hydrogen) atoms. The lowest BCUT2D eigenvalue weighted by Crippen LogP contribution is -2.28. The van der Waals surface area contributed by atoms with Gasteiger partial charge in [-0.2, -0.15) is 0 Å². The molecular weight excluding hydrogens is 390 g/mol. The summed E-state index contributed by atoms with van der Waals surface area (Å²) in [6.07, 6.45) is 1.42. The van der Waals surface area contributed by atoms with E-state index in [1.165, 1.54) is 7.11 Å². The first-order valence-corrected chi connectivity index (χ1v) is 9.54. The van der Waals surface area contributed by atoms with Crippen molar-refractivity contribution in [2.24, 2.45) is 0 Å². The van der Waals surface area contributed by atoms with Gasteiger partial charge < -0.3 is 34.1 Å². The number of carbonyl (C=O) groups is 1. The Hall–Kier alpha value is -2.97. The van der Waals surface area contributed by atoms with Gasteiger partial charge in [0.2, 0.25) is 5.75 Å². The number of esters is 1. The predicted octanol–water partition coefficient (Wildman–Crippen LogP) is 1.99. The first-order chi connectivity index (χ1) is 14.6. The number of carbonyl (C=O) groups excluding carboxylic acids is 1. The van der Waals surface area contributed by atoms with Gasteiger partial charge in [-0.1, -0.05) is 6.07 Å². The van der Waals surface area contributed by atoms with E-state index in [9.17, 15) is 4.79 Å². The molecule has 0 unspecified atom stereocenters. The van der Waals surface area contributed by atoms with E-state index in [-0.39, 0.29) is 13.2 Å². The van der Waals surface area contributed by atoms with Crippen molar-refractivity contribution in [3.8, 4) is 28.7 Å². The summed E-state index contributed by atoms with van der Waals surface area (Å²) < 4.78 is 26.9. The van der Waals surface area contributed by atoms with Gasteiger partial charge in [0.05, 0.1) is 41.6 Å². The number of hydrogen-bond donors (Lipinski definition) is 2. The highest BCUT2D eigenvalue weighted by atomic mass is 16.6. The molecule has 0 aliphatic rings. The molecule has 0 amide bonds. The zero-order valence-corrected chi connectivity index (χ0v) is 17.8. The molecule has 2 N–H and O–H groups in total. The van der Waals surface area contributed by atoms with Crippen LogP contribution in [0, 0.1) is 0 Å². The average molecular weight is 419 g/mol. The summed E-state index contributed by atoms with van der Waals surface area (Å²) in [6.45, 7) is 0.271. The fourth-order valence-corrected chi connectivity index (χ4v) is 2.95. The van der Waals surface area contributed by atoms with Crippen LogP contribution in [0.25, 0.3) is 0 Å². The highest BCUT2D eigenvalue weighted by Crippen LogP contribution is 2.38. The molecule has 0 aliphatic carbocycles. The van der Waals surface area contributed by atoms with Crippen molar-refractivity contribution < 1.29 is 33.6 Å². The van der Waals surface area contributed by atoms with Crippen LogP contribution in [0.15, 0.2) is 30.3 Å². The second-order valence-corrected chi connectivity index (χ2v) is 6.39. The van der Waals surface area contributed by atoms with E-state index >= 15 is 0 Å². The third-order valence-electron chi connectivity index (χ3n) is 4.44. The minimum atomic E-state index is -0.455. The van der Waals surface area contributed by atoms with Crippen LogP contribution >= 0.6 is 0 Å². The van der Waals surface area contributed by atoms with Gasteiger partial charge in [-0.25, -0.2) is 0 Å². The minimum Gasteiger partial charge on any atom is -0.493 e. The topological polar surface area (TPSA) is 95.5 Å². The number of hydrogen-bond acceptors (Lipinski definition) is 8. The van der Waals surface area contributed by atoms with Crippen LogP contribution in [0.5, 0.6) is 28.7 Å². The van der Waals surface area contributed by atoms with E-state index in [0.29, 0.717) is 48.1 Å². The lowest BCUT2D eigenvalue weighted by Gasteiger charge is -2.14. The molecule has 8 heteroatoms. The quantitative estimate of drug-likeness (QED) is 0.306. The lowest BCUT2D eigenvalue weighted by molar-refractivity contribution is -0.133. The van der Waals surface area contributed by atoms with E-state index < -0.39 is 5.97 Å². The van der Waals surface area contributed by atoms with Crippen molar-refractivity contribution in [2.75, 3.05) is 48.1 Å². The number of nitrogens with one attached hydrogen (secondary N) is 1. The summed E-state index contributed by atoms with van der Waals surface area (Å²) in [5.41, 5.74) is 2.00. The lowest BCUT2D eigenvalue weighted by atomic mass is 10.0. The number of rotatable bonds is 12. The van der Waals surface area contributed by atoms with Crippen LogP contribution in [0.1, 0.15) is 11.1 Å². The second-order valence-electron chi connectivity index (χ2n) is 6.39. The van der Waals surface area contributed by atoms with E-state index in [4.69, 9.17) is 28.8 Å². The number of ether oxygens (including phenoxy) is 5. The Morgan fingerprint density at radius 3 is 2.00 bits per heavy atom. The van der Waals surface area contributed by atoms with Crippen molar-refractivity contribution in [2.45, 2.75) is 12.8 Å². The van der Waals surface area contributed by atoms with Crippen LogP contribution in [0.4, 0.5) is 0 Å². The number of aryl methyl sites for hydroxylation is 2. The number of methoxy groups -OCH3 is 4. The van der Waals surface area contributed by atoms with E-state index in [1.807, 2.05) is 18.2 Å². The smallest absolute Gasteiger partial charge is 0.325 e. The van der Waals surface area contributed by atoms with Crippen molar-refractivity contribution in [1.29, 1.82) is 0 Å². The van der Waals surface area contributed by atoms with Crippen LogP contribution in [-0.4, -0.2) is 59.2 Å². The summed E-state index contributed by atoms with van der Waals surface area (Å²) in [6, 6.07) is 9.32. The van der Waals surface area contributed by atoms with E-state index in [0.717, 1.165) is 11.1 Å². The highest BCUT2D eigenvalue weighted by Gasteiger charge is 2.14. The fourth-order valence-electron chi connectivity index (χ4n) is 2.95. The van der Waals surface area contributed by atoms with Crippen LogP contribution in [-0.2, 0) is 17.6 Å². The highest BCUT2D eigenvalue weighted by molar-refractivity contribution is 5.75. The molecule has 0 aliphatic heterocycles. The number of aliphatic hydroxyl groups is 1. The summed E-state index contributed by atoms with van der Waals surface area (Å²) in [7, 11) is 6.26. The van der Waals surface area contributed by atoms with Crippen molar-refractivity contribution in [3.63, 3.8) is 0 Å². The van der Waals surface area contributed by atoms with Crippen molar-refractivity contribution in [1.82, 2.24) is 5.32 Å². The van der Waals surface area contributed by atoms with Gasteiger partial charge in [0.25, 0.3) is 0 Å².